The first-order chi connectivity index (χ1) is 13.9. The van der Waals surface area contributed by atoms with E-state index in [0.29, 0.717) is 0 Å². The van der Waals surface area contributed by atoms with Crippen molar-refractivity contribution in [2.75, 3.05) is 0 Å². The van der Waals surface area contributed by atoms with Gasteiger partial charge in [0.25, 0.3) is 0 Å². The van der Waals surface area contributed by atoms with Gasteiger partial charge >= 0.3 is 37.8 Å². The smallest absolute Gasteiger partial charge is 0.144 e. The third-order valence-electron chi connectivity index (χ3n) is 4.01. The molecule has 0 radical (unpaired) electrons. The molecule has 0 saturated carbocycles. The fourth-order valence-electron chi connectivity index (χ4n) is 2.86. The Morgan fingerprint density at radius 2 is 0.935 bits per heavy atom. The van der Waals surface area contributed by atoms with E-state index in [9.17, 15) is 16.9 Å². The van der Waals surface area contributed by atoms with Crippen LogP contribution in [0.25, 0.3) is 32.7 Å². The standard InChI is InChI=1S/C22H16S.6FH.H2S.Sb/c1-2-7-17(8-3-1)20-9-4-5-10-21(20)18-12-14-19(15-13-18)22-11-6-16-23-22;;;;;;;;/h1-16H;6*1H;1H2;/q;;;;;;;;+5/p-5. The van der Waals surface area contributed by atoms with Crippen LogP contribution in [-0.2, 0) is 0 Å². The van der Waals surface area contributed by atoms with Gasteiger partial charge in [-0.2, -0.15) is 13.5 Å². The molecule has 0 N–H and O–H groups in total. The minimum absolute atomic E-state index is 0. The Hall–Kier alpha value is -1.89. The van der Waals surface area contributed by atoms with Crippen molar-refractivity contribution in [1.29, 1.82) is 0 Å². The predicted molar refractivity (Wildman–Crippen MR) is 125 cm³/mol. The van der Waals surface area contributed by atoms with Crippen molar-refractivity contribution in [3.05, 3.63) is 96.4 Å². The van der Waals surface area contributed by atoms with Crippen LogP contribution in [0.5, 0.6) is 0 Å². The maximum atomic E-state index is 9.93. The average molecular weight is 583 g/mol. The van der Waals surface area contributed by atoms with Gasteiger partial charge in [0, 0.05) is 4.88 Å². The molecule has 3 aromatic carbocycles. The Kier molecular flexibility index (Phi) is 7.30. The zero-order valence-electron chi connectivity index (χ0n) is 16.9. The first-order valence-corrected chi connectivity index (χ1v) is 15.4. The molecule has 0 saturated heterocycles. The van der Waals surface area contributed by atoms with Gasteiger partial charge in [-0.3, -0.25) is 0 Å². The predicted octanol–water partition coefficient (Wildman–Crippen LogP) is 9.11. The molecule has 166 valence electrons. The summed E-state index contributed by atoms with van der Waals surface area (Å²) in [5.41, 5.74) is 6.34. The first kappa shape index (κ1) is 25.4. The zero-order valence-corrected chi connectivity index (χ0v) is 20.2. The van der Waals surface area contributed by atoms with Crippen LogP contribution in [0.4, 0.5) is 16.9 Å². The van der Waals surface area contributed by atoms with Crippen molar-refractivity contribution >= 4 is 44.3 Å². The Morgan fingerprint density at radius 3 is 1.39 bits per heavy atom. The van der Waals surface area contributed by atoms with Crippen molar-refractivity contribution in [1.82, 2.24) is 0 Å². The van der Waals surface area contributed by atoms with Gasteiger partial charge in [-0.15, -0.1) is 11.3 Å². The van der Waals surface area contributed by atoms with E-state index in [4.69, 9.17) is 0 Å². The van der Waals surface area contributed by atoms with Gasteiger partial charge in [0.2, 0.25) is 0 Å². The van der Waals surface area contributed by atoms with Crippen LogP contribution in [0.3, 0.4) is 0 Å². The molecule has 0 nitrogen and oxygen atoms in total. The first-order valence-electron chi connectivity index (χ1n) is 8.72. The van der Waals surface area contributed by atoms with E-state index >= 15 is 0 Å². The summed E-state index contributed by atoms with van der Waals surface area (Å²) in [6.07, 6.45) is 0. The molecule has 0 aliphatic carbocycles. The zero-order chi connectivity index (χ0) is 21.9. The Labute approximate surface area is 191 Å². The molecule has 0 bridgehead atoms. The number of halogens is 6. The molecule has 0 fully saturated rings. The summed E-state index contributed by atoms with van der Waals surface area (Å²) < 4.78 is 59.6. The molecule has 31 heavy (non-hydrogen) atoms. The molecular weight excluding hydrogens is 564 g/mol. The van der Waals surface area contributed by atoms with Gasteiger partial charge in [-0.25, -0.2) is 0 Å². The van der Waals surface area contributed by atoms with Crippen molar-refractivity contribution in [2.45, 2.75) is 0 Å². The molecule has 1 heterocycles. The summed E-state index contributed by atoms with van der Waals surface area (Å²) in [5, 5.41) is 2.12. The summed E-state index contributed by atoms with van der Waals surface area (Å²) in [6, 6.07) is 32.3. The molecule has 0 aliphatic heterocycles. The van der Waals surface area contributed by atoms with E-state index in [1.54, 1.807) is 11.3 Å². The van der Waals surface area contributed by atoms with Crippen LogP contribution < -0.4 is 0 Å². The minimum Gasteiger partial charge on any atom is -0.144 e. The summed E-state index contributed by atoms with van der Waals surface area (Å²) in [6.45, 7) is 0. The third-order valence-corrected chi connectivity index (χ3v) is 4.93. The van der Waals surface area contributed by atoms with E-state index in [2.05, 4.69) is 96.4 Å². The van der Waals surface area contributed by atoms with Crippen molar-refractivity contribution in [3.63, 3.8) is 0 Å². The van der Waals surface area contributed by atoms with Crippen molar-refractivity contribution in [2.24, 2.45) is 0 Å². The van der Waals surface area contributed by atoms with Crippen molar-refractivity contribution in [3.8, 4) is 32.7 Å². The number of benzene rings is 3. The maximum Gasteiger partial charge on any atom is 1.00 e. The van der Waals surface area contributed by atoms with Crippen LogP contribution in [0.2, 0.25) is 0 Å². The molecular formula is C22H19F6S2Sb. The second-order valence-corrected chi connectivity index (χ2v) is 12.8. The van der Waals surface area contributed by atoms with Crippen LogP contribution in [0, 0.1) is 0 Å². The molecule has 0 aliphatic rings. The molecule has 4 aromatic rings. The van der Waals surface area contributed by atoms with Gasteiger partial charge in [0.05, 0.1) is 0 Å². The Bertz CT molecular complexity index is 1100. The van der Waals surface area contributed by atoms with E-state index in [-0.39, 0.29) is 14.9 Å². The minimum atomic E-state index is -11.2. The topological polar surface area (TPSA) is 0 Å². The van der Waals surface area contributed by atoms with Crippen LogP contribution in [0.1, 0.15) is 1.43 Å². The number of thiophene rings is 1. The van der Waals surface area contributed by atoms with E-state index in [1.165, 1.54) is 32.7 Å². The van der Waals surface area contributed by atoms with Gasteiger partial charge in [-0.1, -0.05) is 84.9 Å². The quantitative estimate of drug-likeness (QED) is 0.167. The second kappa shape index (κ2) is 8.92. The molecule has 1 aromatic heterocycles. The maximum absolute atomic E-state index is 11.2. The fraction of sp³-hybridized carbons (Fsp3) is 0. The third kappa shape index (κ3) is 9.01. The Balaban J connectivity index is 0.000000501. The van der Waals surface area contributed by atoms with Gasteiger partial charge in [0.1, 0.15) is 0 Å². The summed E-state index contributed by atoms with van der Waals surface area (Å²) in [4.78, 5) is 1.31. The van der Waals surface area contributed by atoms with E-state index < -0.39 is 19.5 Å². The van der Waals surface area contributed by atoms with Gasteiger partial charge < -0.3 is 0 Å². The Morgan fingerprint density at radius 1 is 0.516 bits per heavy atom. The van der Waals surface area contributed by atoms with Gasteiger partial charge in [-0.05, 0) is 39.3 Å². The molecule has 4 rings (SSSR count). The van der Waals surface area contributed by atoms with E-state index in [0.717, 1.165) is 0 Å². The molecule has 0 spiro atoms. The van der Waals surface area contributed by atoms with Crippen molar-refractivity contribution < 1.29 is 18.3 Å². The summed E-state index contributed by atoms with van der Waals surface area (Å²) in [7, 11) is 0. The fourth-order valence-corrected chi connectivity index (χ4v) is 3.59. The summed E-state index contributed by atoms with van der Waals surface area (Å²) in [5.74, 6) is 0. The molecule has 9 heteroatoms. The molecule has 0 unspecified atom stereocenters. The molecule has 0 atom stereocenters. The normalized spacial score (nSPS) is 13.1. The largest absolute Gasteiger partial charge is 1.00 e. The van der Waals surface area contributed by atoms with Gasteiger partial charge in [0.15, 0.2) is 0 Å². The SMILES string of the molecule is S.[F][Sb-]([F])([F])([F])([F])[F].[H+].c1ccc(-c2ccccc2-c2ccc(-c3cccs3)cc2)cc1. The molecule has 0 amide bonds. The monoisotopic (exact) mass is 582 g/mol. The van der Waals surface area contributed by atoms with Crippen LogP contribution in [-0.4, -0.2) is 19.5 Å². The number of rotatable bonds is 3. The van der Waals surface area contributed by atoms with E-state index in [1.807, 2.05) is 0 Å². The second-order valence-electron chi connectivity index (χ2n) is 6.42. The average Bonchev–Trinajstić information content (AvgIpc) is 3.21. The number of hydrogen-bond acceptors (Lipinski definition) is 1. The van der Waals surface area contributed by atoms with Crippen LogP contribution in [0.15, 0.2) is 96.4 Å². The summed E-state index contributed by atoms with van der Waals surface area (Å²) >= 11 is -9.47. The van der Waals surface area contributed by atoms with Crippen LogP contribution >= 0.6 is 24.8 Å². The number of hydrogen-bond donors (Lipinski definition) is 0.